The van der Waals surface area contributed by atoms with E-state index in [2.05, 4.69) is 17.2 Å². The first kappa shape index (κ1) is 16.5. The number of aromatic nitrogens is 1. The molecule has 2 rings (SSSR count). The van der Waals surface area contributed by atoms with Crippen molar-refractivity contribution in [2.24, 2.45) is 0 Å². The van der Waals surface area contributed by atoms with E-state index in [0.717, 1.165) is 16.5 Å². The third-order valence-electron chi connectivity index (χ3n) is 2.98. The minimum Gasteiger partial charge on any atom is -0.464 e. The zero-order valence-electron chi connectivity index (χ0n) is 12.2. The standard InChI is InChI=1S/C14H18F2N2OS2/c1-8(13-9(2)18-10(3)21-13)17-6-11-4-5-12(19-11)7-20-14(15)16/h4-5,8,14,17H,6-7H2,1-3H3. The van der Waals surface area contributed by atoms with Gasteiger partial charge in [0.1, 0.15) is 11.5 Å². The molecule has 2 aromatic rings. The number of thioether (sulfide) groups is 1. The highest BCUT2D eigenvalue weighted by molar-refractivity contribution is 7.98. The van der Waals surface area contributed by atoms with E-state index in [1.165, 1.54) is 4.88 Å². The maximum absolute atomic E-state index is 12.1. The molecule has 2 aromatic heterocycles. The van der Waals surface area contributed by atoms with Gasteiger partial charge >= 0.3 is 0 Å². The van der Waals surface area contributed by atoms with Crippen molar-refractivity contribution in [3.05, 3.63) is 39.2 Å². The molecule has 21 heavy (non-hydrogen) atoms. The molecule has 0 saturated heterocycles. The number of nitrogens with zero attached hydrogens (tertiary/aromatic N) is 1. The maximum atomic E-state index is 12.1. The zero-order valence-corrected chi connectivity index (χ0v) is 13.8. The van der Waals surface area contributed by atoms with Crippen molar-refractivity contribution < 1.29 is 13.2 Å². The fourth-order valence-electron chi connectivity index (χ4n) is 2.04. The quantitative estimate of drug-likeness (QED) is 0.800. The molecule has 0 saturated carbocycles. The molecule has 2 heterocycles. The molecule has 7 heteroatoms. The molecule has 0 aromatic carbocycles. The van der Waals surface area contributed by atoms with Crippen molar-refractivity contribution in [1.82, 2.24) is 10.3 Å². The second-order valence-electron chi connectivity index (χ2n) is 4.72. The summed E-state index contributed by atoms with van der Waals surface area (Å²) in [5, 5.41) is 4.43. The number of aryl methyl sites for hydroxylation is 2. The number of hydrogen-bond donors (Lipinski definition) is 1. The van der Waals surface area contributed by atoms with E-state index in [4.69, 9.17) is 4.42 Å². The summed E-state index contributed by atoms with van der Waals surface area (Å²) < 4.78 is 29.8. The van der Waals surface area contributed by atoms with Gasteiger partial charge in [0, 0.05) is 10.9 Å². The number of nitrogens with one attached hydrogen (secondary N) is 1. The second kappa shape index (κ2) is 7.38. The highest BCUT2D eigenvalue weighted by atomic mass is 32.2. The summed E-state index contributed by atoms with van der Waals surface area (Å²) in [5.74, 6) is -0.838. The Kier molecular flexibility index (Phi) is 5.78. The van der Waals surface area contributed by atoms with Crippen molar-refractivity contribution in [3.63, 3.8) is 0 Å². The first-order valence-corrected chi connectivity index (χ1v) is 8.47. The van der Waals surface area contributed by atoms with Gasteiger partial charge in [0.25, 0.3) is 5.76 Å². The molecule has 1 atom stereocenters. The maximum Gasteiger partial charge on any atom is 0.284 e. The molecule has 0 aliphatic heterocycles. The van der Waals surface area contributed by atoms with Crippen LogP contribution in [-0.4, -0.2) is 10.7 Å². The Balaban J connectivity index is 1.86. The normalized spacial score (nSPS) is 13.0. The lowest BCUT2D eigenvalue weighted by atomic mass is 10.2. The predicted octanol–water partition coefficient (Wildman–Crippen LogP) is 4.66. The fourth-order valence-corrected chi connectivity index (χ4v) is 3.43. The third kappa shape index (κ3) is 4.79. The Bertz CT molecular complexity index is 583. The zero-order chi connectivity index (χ0) is 15.4. The smallest absolute Gasteiger partial charge is 0.284 e. The molecule has 1 N–H and O–H groups in total. The molecule has 116 valence electrons. The van der Waals surface area contributed by atoms with Crippen LogP contribution in [0.4, 0.5) is 8.78 Å². The van der Waals surface area contributed by atoms with Crippen molar-refractivity contribution in [1.29, 1.82) is 0 Å². The van der Waals surface area contributed by atoms with Crippen LogP contribution in [0.25, 0.3) is 0 Å². The van der Waals surface area contributed by atoms with Crippen molar-refractivity contribution in [3.8, 4) is 0 Å². The van der Waals surface area contributed by atoms with Gasteiger partial charge in [0.05, 0.1) is 23.0 Å². The van der Waals surface area contributed by atoms with Crippen LogP contribution in [0, 0.1) is 13.8 Å². The largest absolute Gasteiger partial charge is 0.464 e. The average Bonchev–Trinajstić information content (AvgIpc) is 3.00. The minimum absolute atomic E-state index is 0.181. The summed E-state index contributed by atoms with van der Waals surface area (Å²) in [5.41, 5.74) is 1.05. The summed E-state index contributed by atoms with van der Waals surface area (Å²) >= 11 is 2.25. The molecule has 0 spiro atoms. The van der Waals surface area contributed by atoms with E-state index in [-0.39, 0.29) is 11.8 Å². The average molecular weight is 332 g/mol. The summed E-state index contributed by atoms with van der Waals surface area (Å²) in [7, 11) is 0. The van der Waals surface area contributed by atoms with E-state index < -0.39 is 5.76 Å². The van der Waals surface area contributed by atoms with Crippen LogP contribution < -0.4 is 5.32 Å². The van der Waals surface area contributed by atoms with Crippen LogP contribution in [0.5, 0.6) is 0 Å². The van der Waals surface area contributed by atoms with Gasteiger partial charge in [-0.25, -0.2) is 4.98 Å². The molecule has 0 aliphatic carbocycles. The summed E-state index contributed by atoms with van der Waals surface area (Å²) in [6, 6.07) is 3.76. The molecule has 0 fully saturated rings. The molecule has 1 unspecified atom stereocenters. The predicted molar refractivity (Wildman–Crippen MR) is 82.8 cm³/mol. The molecule has 0 aliphatic rings. The van der Waals surface area contributed by atoms with Gasteiger partial charge in [-0.1, -0.05) is 11.8 Å². The first-order valence-electron chi connectivity index (χ1n) is 6.60. The number of furan rings is 1. The van der Waals surface area contributed by atoms with Crippen molar-refractivity contribution >= 4 is 23.1 Å². The van der Waals surface area contributed by atoms with Gasteiger partial charge in [0.2, 0.25) is 0 Å². The third-order valence-corrected chi connectivity index (χ3v) is 4.94. The van der Waals surface area contributed by atoms with Crippen molar-refractivity contribution in [2.45, 2.75) is 44.9 Å². The summed E-state index contributed by atoms with van der Waals surface area (Å²) in [6.07, 6.45) is 0. The lowest BCUT2D eigenvalue weighted by Crippen LogP contribution is -2.17. The number of rotatable bonds is 7. The van der Waals surface area contributed by atoms with Gasteiger partial charge in [-0.2, -0.15) is 8.78 Å². The molecule has 0 radical (unpaired) electrons. The number of alkyl halides is 2. The molecular formula is C14H18F2N2OS2. The first-order chi connectivity index (χ1) is 9.95. The fraction of sp³-hybridized carbons (Fsp3) is 0.500. The van der Waals surface area contributed by atoms with E-state index in [1.54, 1.807) is 17.4 Å². The monoisotopic (exact) mass is 332 g/mol. The van der Waals surface area contributed by atoms with E-state index in [9.17, 15) is 8.78 Å². The van der Waals surface area contributed by atoms with Gasteiger partial charge in [-0.05, 0) is 32.9 Å². The Labute approximate surface area is 131 Å². The number of hydrogen-bond acceptors (Lipinski definition) is 5. The van der Waals surface area contributed by atoms with Crippen LogP contribution in [0.2, 0.25) is 0 Å². The Morgan fingerprint density at radius 1 is 1.33 bits per heavy atom. The van der Waals surface area contributed by atoms with Gasteiger partial charge in [-0.3, -0.25) is 0 Å². The van der Waals surface area contributed by atoms with Crippen LogP contribution in [-0.2, 0) is 12.3 Å². The van der Waals surface area contributed by atoms with Crippen molar-refractivity contribution in [2.75, 3.05) is 0 Å². The number of thiazole rings is 1. The van der Waals surface area contributed by atoms with Gasteiger partial charge in [0.15, 0.2) is 0 Å². The molecular weight excluding hydrogens is 314 g/mol. The minimum atomic E-state index is -2.37. The van der Waals surface area contributed by atoms with Crippen LogP contribution in [0.1, 0.15) is 40.1 Å². The van der Waals surface area contributed by atoms with Crippen LogP contribution >= 0.6 is 23.1 Å². The molecule has 0 bridgehead atoms. The lowest BCUT2D eigenvalue weighted by Gasteiger charge is -2.11. The summed E-state index contributed by atoms with van der Waals surface area (Å²) in [4.78, 5) is 5.63. The SMILES string of the molecule is Cc1nc(C)c(C(C)NCc2ccc(CSC(F)F)o2)s1. The van der Waals surface area contributed by atoms with E-state index in [0.29, 0.717) is 24.1 Å². The second-order valence-corrected chi connectivity index (χ2v) is 6.94. The lowest BCUT2D eigenvalue weighted by molar-refractivity contribution is 0.251. The topological polar surface area (TPSA) is 38.1 Å². The Morgan fingerprint density at radius 2 is 2.05 bits per heavy atom. The highest BCUT2D eigenvalue weighted by Crippen LogP contribution is 2.25. The molecule has 3 nitrogen and oxygen atoms in total. The van der Waals surface area contributed by atoms with E-state index >= 15 is 0 Å². The van der Waals surface area contributed by atoms with Crippen LogP contribution in [0.3, 0.4) is 0 Å². The Hall–Kier alpha value is -0.920. The highest BCUT2D eigenvalue weighted by Gasteiger charge is 2.13. The van der Waals surface area contributed by atoms with Gasteiger partial charge < -0.3 is 9.73 Å². The molecule has 0 amide bonds. The van der Waals surface area contributed by atoms with E-state index in [1.807, 2.05) is 19.9 Å². The van der Waals surface area contributed by atoms with Gasteiger partial charge in [-0.15, -0.1) is 11.3 Å². The Morgan fingerprint density at radius 3 is 2.67 bits per heavy atom. The number of halogens is 2. The van der Waals surface area contributed by atoms with Crippen LogP contribution in [0.15, 0.2) is 16.5 Å². The summed E-state index contributed by atoms with van der Waals surface area (Å²) in [6.45, 7) is 6.64.